The zero-order chi connectivity index (χ0) is 17.1. The maximum absolute atomic E-state index is 9.47. The molecule has 0 fully saturated rings. The van der Waals surface area contributed by atoms with Crippen LogP contribution in [0.5, 0.6) is 5.88 Å². The van der Waals surface area contributed by atoms with Gasteiger partial charge in [0.25, 0.3) is 0 Å². The van der Waals surface area contributed by atoms with Crippen molar-refractivity contribution in [1.29, 1.82) is 5.26 Å². The van der Waals surface area contributed by atoms with Crippen molar-refractivity contribution >= 4 is 21.9 Å². The minimum absolute atomic E-state index is 0.0108. The number of hydrogen-bond acceptors (Lipinski definition) is 7. The highest BCUT2D eigenvalue weighted by Gasteiger charge is 2.19. The Balaban J connectivity index is 1.94. The Labute approximate surface area is 146 Å². The molecule has 0 aliphatic carbocycles. The van der Waals surface area contributed by atoms with Gasteiger partial charge < -0.3 is 14.9 Å². The lowest BCUT2D eigenvalue weighted by molar-refractivity contribution is 0.288. The molecule has 0 unspecified atom stereocenters. The Morgan fingerprint density at radius 1 is 1.29 bits per heavy atom. The zero-order valence-electron chi connectivity index (χ0n) is 12.7. The van der Waals surface area contributed by atoms with Crippen molar-refractivity contribution in [2.24, 2.45) is 0 Å². The number of nitriles is 1. The van der Waals surface area contributed by atoms with Gasteiger partial charge in [-0.3, -0.25) is 4.98 Å². The summed E-state index contributed by atoms with van der Waals surface area (Å²) < 4.78 is 11.6. The quantitative estimate of drug-likeness (QED) is 0.733. The lowest BCUT2D eigenvalue weighted by atomic mass is 10.2. The predicted octanol–water partition coefficient (Wildman–Crippen LogP) is 3.24. The highest BCUT2D eigenvalue weighted by molar-refractivity contribution is 9.10. The van der Waals surface area contributed by atoms with Crippen LogP contribution in [0.15, 0.2) is 39.5 Å². The van der Waals surface area contributed by atoms with Crippen LogP contribution in [0.25, 0.3) is 11.5 Å². The molecule has 24 heavy (non-hydrogen) atoms. The summed E-state index contributed by atoms with van der Waals surface area (Å²) in [5.41, 5.74) is 7.93. The lowest BCUT2D eigenvalue weighted by Crippen LogP contribution is -2.06. The molecule has 0 radical (unpaired) electrons. The third kappa shape index (κ3) is 3.36. The number of nitrogens with two attached hydrogens (primary N) is 1. The van der Waals surface area contributed by atoms with Crippen LogP contribution in [0.1, 0.15) is 16.8 Å². The van der Waals surface area contributed by atoms with E-state index in [4.69, 9.17) is 14.9 Å². The van der Waals surface area contributed by atoms with E-state index in [1.54, 1.807) is 18.3 Å². The summed E-state index contributed by atoms with van der Waals surface area (Å²) >= 11 is 3.22. The van der Waals surface area contributed by atoms with Crippen molar-refractivity contribution in [3.8, 4) is 23.4 Å². The summed E-state index contributed by atoms with van der Waals surface area (Å²) in [6.45, 7) is 2.11. The molecule has 8 heteroatoms. The largest absolute Gasteiger partial charge is 0.470 e. The summed E-state index contributed by atoms with van der Waals surface area (Å²) in [5, 5.41) is 9.47. The number of aryl methyl sites for hydroxylation is 1. The highest BCUT2D eigenvalue weighted by atomic mass is 79.9. The van der Waals surface area contributed by atoms with E-state index in [1.165, 1.54) is 0 Å². The second kappa shape index (κ2) is 6.68. The van der Waals surface area contributed by atoms with Crippen LogP contribution in [0.2, 0.25) is 0 Å². The minimum Gasteiger partial charge on any atom is -0.470 e. The fourth-order valence-corrected chi connectivity index (χ4v) is 2.31. The summed E-state index contributed by atoms with van der Waals surface area (Å²) in [6, 6.07) is 9.19. The number of aromatic nitrogens is 3. The monoisotopic (exact) mass is 385 g/mol. The average Bonchev–Trinajstić information content (AvgIpc) is 3.00. The Morgan fingerprint density at radius 3 is 2.75 bits per heavy atom. The molecule has 3 rings (SSSR count). The topological polar surface area (TPSA) is 111 Å². The molecule has 120 valence electrons. The van der Waals surface area contributed by atoms with Crippen LogP contribution in [0.4, 0.5) is 5.95 Å². The number of rotatable bonds is 4. The Kier molecular flexibility index (Phi) is 4.44. The molecule has 2 N–H and O–H groups in total. The molecule has 0 aliphatic heterocycles. The fraction of sp³-hybridized carbons (Fsp3) is 0.125. The number of ether oxygens (including phenoxy) is 1. The number of halogens is 1. The van der Waals surface area contributed by atoms with Gasteiger partial charge in [0.2, 0.25) is 11.8 Å². The van der Waals surface area contributed by atoms with E-state index in [2.05, 4.69) is 30.9 Å². The maximum atomic E-state index is 9.47. The number of furan rings is 1. The molecule has 0 saturated heterocycles. The standard InChI is InChI=1S/C16H12BrN5O2/c1-9-2-3-10(20-7-9)8-23-15-11(6-18)14(21-16(19)22-15)12-4-5-13(17)24-12/h2-5,7H,8H2,1H3,(H2,19,21,22). The van der Waals surface area contributed by atoms with Gasteiger partial charge in [-0.15, -0.1) is 0 Å². The predicted molar refractivity (Wildman–Crippen MR) is 89.9 cm³/mol. The van der Waals surface area contributed by atoms with E-state index in [1.807, 2.05) is 25.1 Å². The van der Waals surface area contributed by atoms with E-state index in [9.17, 15) is 5.26 Å². The molecule has 0 bridgehead atoms. The van der Waals surface area contributed by atoms with Gasteiger partial charge in [0.1, 0.15) is 23.9 Å². The normalized spacial score (nSPS) is 10.4. The van der Waals surface area contributed by atoms with Crippen molar-refractivity contribution in [3.63, 3.8) is 0 Å². The number of hydrogen-bond donors (Lipinski definition) is 1. The average molecular weight is 386 g/mol. The zero-order valence-corrected chi connectivity index (χ0v) is 14.2. The minimum atomic E-state index is -0.0108. The second-order valence-electron chi connectivity index (χ2n) is 4.94. The van der Waals surface area contributed by atoms with E-state index in [0.29, 0.717) is 16.1 Å². The molecule has 0 saturated carbocycles. The molecule has 0 aromatic carbocycles. The van der Waals surface area contributed by atoms with Crippen LogP contribution in [0, 0.1) is 18.3 Å². The van der Waals surface area contributed by atoms with Crippen LogP contribution in [-0.4, -0.2) is 15.0 Å². The van der Waals surface area contributed by atoms with Crippen LogP contribution >= 0.6 is 15.9 Å². The molecule has 3 aromatic heterocycles. The van der Waals surface area contributed by atoms with Gasteiger partial charge in [-0.2, -0.15) is 10.2 Å². The molecular formula is C16H12BrN5O2. The third-order valence-electron chi connectivity index (χ3n) is 3.14. The van der Waals surface area contributed by atoms with Gasteiger partial charge in [0.15, 0.2) is 10.4 Å². The van der Waals surface area contributed by atoms with E-state index >= 15 is 0 Å². The van der Waals surface area contributed by atoms with Crippen molar-refractivity contribution < 1.29 is 9.15 Å². The summed E-state index contributed by atoms with van der Waals surface area (Å²) in [4.78, 5) is 12.3. The smallest absolute Gasteiger partial charge is 0.237 e. The van der Waals surface area contributed by atoms with Gasteiger partial charge in [-0.05, 0) is 46.6 Å². The van der Waals surface area contributed by atoms with Crippen LogP contribution in [-0.2, 0) is 6.61 Å². The van der Waals surface area contributed by atoms with Crippen molar-refractivity contribution in [2.45, 2.75) is 13.5 Å². The molecule has 3 heterocycles. The number of nitrogens with zero attached hydrogens (tertiary/aromatic N) is 4. The van der Waals surface area contributed by atoms with Crippen LogP contribution in [0.3, 0.4) is 0 Å². The van der Waals surface area contributed by atoms with Gasteiger partial charge in [-0.1, -0.05) is 6.07 Å². The number of anilines is 1. The van der Waals surface area contributed by atoms with Gasteiger partial charge >= 0.3 is 0 Å². The SMILES string of the molecule is Cc1ccc(COc2nc(N)nc(-c3ccc(Br)o3)c2C#N)nc1. The van der Waals surface area contributed by atoms with E-state index in [-0.39, 0.29) is 29.7 Å². The Bertz CT molecular complexity index is 915. The third-order valence-corrected chi connectivity index (χ3v) is 3.57. The molecule has 0 spiro atoms. The molecule has 3 aromatic rings. The molecule has 0 amide bonds. The van der Waals surface area contributed by atoms with Gasteiger partial charge in [0, 0.05) is 6.20 Å². The first kappa shape index (κ1) is 16.0. The van der Waals surface area contributed by atoms with Crippen molar-refractivity contribution in [2.75, 3.05) is 5.73 Å². The van der Waals surface area contributed by atoms with Gasteiger partial charge in [-0.25, -0.2) is 4.98 Å². The van der Waals surface area contributed by atoms with E-state index in [0.717, 1.165) is 5.56 Å². The van der Waals surface area contributed by atoms with Crippen LogP contribution < -0.4 is 10.5 Å². The summed E-state index contributed by atoms with van der Waals surface area (Å²) in [5.74, 6) is 0.476. The lowest BCUT2D eigenvalue weighted by Gasteiger charge is -2.09. The maximum Gasteiger partial charge on any atom is 0.237 e. The number of pyridine rings is 1. The molecule has 0 aliphatic rings. The number of nitrogen functional groups attached to an aromatic ring is 1. The first-order valence-corrected chi connectivity index (χ1v) is 7.74. The first-order valence-electron chi connectivity index (χ1n) is 6.94. The van der Waals surface area contributed by atoms with Crippen molar-refractivity contribution in [3.05, 3.63) is 52.0 Å². The Hall–Kier alpha value is -2.92. The summed E-state index contributed by atoms with van der Waals surface area (Å²) in [7, 11) is 0. The highest BCUT2D eigenvalue weighted by Crippen LogP contribution is 2.31. The molecular weight excluding hydrogens is 374 g/mol. The fourth-order valence-electron chi connectivity index (χ4n) is 2.01. The van der Waals surface area contributed by atoms with Gasteiger partial charge in [0.05, 0.1) is 5.69 Å². The molecule has 0 atom stereocenters. The first-order chi connectivity index (χ1) is 11.6. The molecule has 7 nitrogen and oxygen atoms in total. The summed E-state index contributed by atoms with van der Waals surface area (Å²) in [6.07, 6.45) is 1.74. The second-order valence-corrected chi connectivity index (χ2v) is 5.72. The Morgan fingerprint density at radius 2 is 2.12 bits per heavy atom. The van der Waals surface area contributed by atoms with E-state index < -0.39 is 0 Å². The van der Waals surface area contributed by atoms with Crippen molar-refractivity contribution in [1.82, 2.24) is 15.0 Å².